The molecule has 2 aromatic carbocycles. The van der Waals surface area contributed by atoms with Gasteiger partial charge in [0.2, 0.25) is 0 Å². The average molecular weight is 409 g/mol. The number of benzene rings is 2. The molecule has 0 spiro atoms. The fraction of sp³-hybridized carbons (Fsp3) is 0.391. The van der Waals surface area contributed by atoms with E-state index < -0.39 is 6.09 Å². The topological polar surface area (TPSA) is 92.2 Å². The molecule has 0 radical (unpaired) electrons. The monoisotopic (exact) mass is 409 g/mol. The standard InChI is InChI=1S/C20H21N3O4.C3H6/c1-26-17-7-3-5-12-4-2-6-16(18(12)17)23-19-22-15-9-8-14(21-20(24)25)10-13(15)11-27-19;1-2-3-1/h3,5,7-10,16,21H,2,4,6,11H2,1H3,(H,22,23)(H,24,25);1-3H2. The second-order valence-corrected chi connectivity index (χ2v) is 7.65. The van der Waals surface area contributed by atoms with Crippen molar-refractivity contribution in [2.75, 3.05) is 17.7 Å². The van der Waals surface area contributed by atoms with Gasteiger partial charge >= 0.3 is 6.09 Å². The Morgan fingerprint density at radius 3 is 2.77 bits per heavy atom. The van der Waals surface area contributed by atoms with Crippen molar-refractivity contribution in [2.45, 2.75) is 51.2 Å². The Bertz CT molecular complexity index is 938. The number of amidine groups is 1. The first kappa shape index (κ1) is 20.1. The van der Waals surface area contributed by atoms with Gasteiger partial charge in [-0.3, -0.25) is 5.32 Å². The first-order chi connectivity index (χ1) is 14.6. The summed E-state index contributed by atoms with van der Waals surface area (Å²) >= 11 is 0. The molecule has 1 heterocycles. The fourth-order valence-electron chi connectivity index (χ4n) is 3.67. The summed E-state index contributed by atoms with van der Waals surface area (Å²) in [6, 6.07) is 11.9. The van der Waals surface area contributed by atoms with Crippen LogP contribution in [-0.2, 0) is 17.8 Å². The number of rotatable bonds is 3. The van der Waals surface area contributed by atoms with Crippen molar-refractivity contribution in [3.63, 3.8) is 0 Å². The summed E-state index contributed by atoms with van der Waals surface area (Å²) in [4.78, 5) is 15.6. The number of ether oxygens (including phenoxy) is 2. The molecule has 1 atom stereocenters. The van der Waals surface area contributed by atoms with Crippen molar-refractivity contribution in [2.24, 2.45) is 4.99 Å². The van der Waals surface area contributed by atoms with Crippen LogP contribution in [0.25, 0.3) is 0 Å². The highest BCUT2D eigenvalue weighted by molar-refractivity contribution is 5.93. The highest BCUT2D eigenvalue weighted by atomic mass is 16.5. The summed E-state index contributed by atoms with van der Waals surface area (Å²) in [5, 5.41) is 14.4. The largest absolute Gasteiger partial charge is 0.496 e. The smallest absolute Gasteiger partial charge is 0.409 e. The lowest BCUT2D eigenvalue weighted by Crippen LogP contribution is -2.24. The van der Waals surface area contributed by atoms with E-state index in [1.165, 1.54) is 24.8 Å². The minimum Gasteiger partial charge on any atom is -0.496 e. The number of aryl methyl sites for hydroxylation is 1. The molecule has 7 nitrogen and oxygen atoms in total. The number of carbonyl (C=O) groups is 1. The van der Waals surface area contributed by atoms with Crippen molar-refractivity contribution < 1.29 is 19.4 Å². The van der Waals surface area contributed by atoms with Crippen LogP contribution in [0.4, 0.5) is 16.2 Å². The van der Waals surface area contributed by atoms with Crippen LogP contribution in [0, 0.1) is 0 Å². The molecule has 7 heteroatoms. The van der Waals surface area contributed by atoms with E-state index in [4.69, 9.17) is 19.6 Å². The number of hydrogen-bond acceptors (Lipinski definition) is 4. The van der Waals surface area contributed by atoms with Crippen LogP contribution in [0.15, 0.2) is 41.4 Å². The van der Waals surface area contributed by atoms with Crippen LogP contribution in [0.3, 0.4) is 0 Å². The summed E-state index contributed by atoms with van der Waals surface area (Å²) in [7, 11) is 1.68. The average Bonchev–Trinajstić information content (AvgIpc) is 3.63. The van der Waals surface area contributed by atoms with Gasteiger partial charge in [0.25, 0.3) is 6.02 Å². The number of aliphatic imine (C=N–C) groups is 1. The summed E-state index contributed by atoms with van der Waals surface area (Å²) in [6.07, 6.45) is 6.45. The number of hydrogen-bond donors (Lipinski definition) is 3. The van der Waals surface area contributed by atoms with E-state index in [0.29, 0.717) is 18.3 Å². The quantitative estimate of drug-likeness (QED) is 0.637. The summed E-state index contributed by atoms with van der Waals surface area (Å²) < 4.78 is 11.3. The number of nitrogens with one attached hydrogen (secondary N) is 2. The van der Waals surface area contributed by atoms with Gasteiger partial charge in [0.05, 0.1) is 13.2 Å². The van der Waals surface area contributed by atoms with E-state index in [2.05, 4.69) is 16.7 Å². The van der Waals surface area contributed by atoms with Crippen LogP contribution in [0.5, 0.6) is 5.75 Å². The number of anilines is 2. The summed E-state index contributed by atoms with van der Waals surface area (Å²) in [6.45, 7) is 0.335. The molecule has 0 bridgehead atoms. The Hall–Kier alpha value is -3.22. The van der Waals surface area contributed by atoms with Crippen molar-refractivity contribution in [3.8, 4) is 5.75 Å². The zero-order valence-corrected chi connectivity index (χ0v) is 17.1. The fourth-order valence-corrected chi connectivity index (χ4v) is 3.67. The summed E-state index contributed by atoms with van der Waals surface area (Å²) in [5.41, 5.74) is 4.67. The number of amides is 1. The minimum atomic E-state index is -1.09. The van der Waals surface area contributed by atoms with Crippen LogP contribution in [-0.4, -0.2) is 24.3 Å². The zero-order valence-electron chi connectivity index (χ0n) is 17.1. The molecule has 1 unspecified atom stereocenters. The second-order valence-electron chi connectivity index (χ2n) is 7.65. The van der Waals surface area contributed by atoms with Crippen LogP contribution in [0.2, 0.25) is 0 Å². The van der Waals surface area contributed by atoms with E-state index in [-0.39, 0.29) is 6.04 Å². The predicted molar refractivity (Wildman–Crippen MR) is 116 cm³/mol. The van der Waals surface area contributed by atoms with Gasteiger partial charge in [0.15, 0.2) is 0 Å². The Morgan fingerprint density at radius 1 is 1.20 bits per heavy atom. The van der Waals surface area contributed by atoms with Gasteiger partial charge in [0.1, 0.15) is 12.4 Å². The van der Waals surface area contributed by atoms with Crippen molar-refractivity contribution >= 4 is 23.5 Å². The third kappa shape index (κ3) is 4.84. The van der Waals surface area contributed by atoms with Gasteiger partial charge in [-0.2, -0.15) is 0 Å². The van der Waals surface area contributed by atoms with E-state index in [1.54, 1.807) is 19.2 Å². The molecule has 1 fully saturated rings. The van der Waals surface area contributed by atoms with E-state index in [0.717, 1.165) is 41.8 Å². The molecule has 1 aliphatic heterocycles. The highest BCUT2D eigenvalue weighted by Crippen LogP contribution is 2.39. The molecule has 158 valence electrons. The number of methoxy groups -OCH3 is 1. The molecule has 3 N–H and O–H groups in total. The molecule has 3 aliphatic rings. The Balaban J connectivity index is 0.000000667. The van der Waals surface area contributed by atoms with Gasteiger partial charge in [-0.25, -0.2) is 9.79 Å². The van der Waals surface area contributed by atoms with Gasteiger partial charge in [0, 0.05) is 22.5 Å². The number of nitrogens with zero attached hydrogens (tertiary/aromatic N) is 1. The van der Waals surface area contributed by atoms with Crippen molar-refractivity contribution in [3.05, 3.63) is 53.1 Å². The first-order valence-electron chi connectivity index (χ1n) is 10.4. The molecule has 30 heavy (non-hydrogen) atoms. The summed E-state index contributed by atoms with van der Waals surface area (Å²) in [5.74, 6) is 0.863. The highest BCUT2D eigenvalue weighted by Gasteiger charge is 2.25. The first-order valence-corrected chi connectivity index (χ1v) is 10.4. The molecule has 5 rings (SSSR count). The van der Waals surface area contributed by atoms with E-state index in [9.17, 15) is 4.79 Å². The lowest BCUT2D eigenvalue weighted by molar-refractivity contribution is 0.209. The lowest BCUT2D eigenvalue weighted by atomic mass is 9.87. The molecule has 1 amide bonds. The second kappa shape index (κ2) is 9.07. The predicted octanol–water partition coefficient (Wildman–Crippen LogP) is 5.33. The maximum atomic E-state index is 10.8. The molecule has 2 aliphatic carbocycles. The zero-order chi connectivity index (χ0) is 20.9. The van der Waals surface area contributed by atoms with Gasteiger partial charge in [-0.05, 0) is 49.1 Å². The Morgan fingerprint density at radius 2 is 2.03 bits per heavy atom. The normalized spacial score (nSPS) is 19.8. The lowest BCUT2D eigenvalue weighted by Gasteiger charge is -2.27. The van der Waals surface area contributed by atoms with Crippen LogP contribution >= 0.6 is 0 Å². The molecule has 2 aromatic rings. The van der Waals surface area contributed by atoms with Crippen molar-refractivity contribution in [1.82, 2.24) is 0 Å². The van der Waals surface area contributed by atoms with Crippen LogP contribution < -0.4 is 15.4 Å². The van der Waals surface area contributed by atoms with E-state index in [1.807, 2.05) is 18.2 Å². The van der Waals surface area contributed by atoms with E-state index >= 15 is 0 Å². The molecule has 0 saturated heterocycles. The van der Waals surface area contributed by atoms with Crippen LogP contribution in [0.1, 0.15) is 54.8 Å². The van der Waals surface area contributed by atoms with Gasteiger partial charge < -0.3 is 19.9 Å². The molecular formula is C23H27N3O4. The van der Waals surface area contributed by atoms with Crippen molar-refractivity contribution in [1.29, 1.82) is 0 Å². The third-order valence-corrected chi connectivity index (χ3v) is 5.22. The Labute approximate surface area is 176 Å². The molecular weight excluding hydrogens is 382 g/mol. The third-order valence-electron chi connectivity index (χ3n) is 5.22. The van der Waals surface area contributed by atoms with Gasteiger partial charge in [-0.1, -0.05) is 31.4 Å². The SMILES string of the molecule is C1CC1.COc1cccc2c1C(N=C1Nc3ccc(NC(=O)O)cc3CO1)CCC2. The minimum absolute atomic E-state index is 0.0121. The molecule has 1 saturated carbocycles. The number of carboxylic acid groups (broad SMARTS) is 1. The Kier molecular flexibility index (Phi) is 6.07. The number of fused-ring (bicyclic) bond motifs is 2. The molecule has 0 aromatic heterocycles. The maximum absolute atomic E-state index is 10.8. The maximum Gasteiger partial charge on any atom is 0.409 e. The van der Waals surface area contributed by atoms with Gasteiger partial charge in [-0.15, -0.1) is 0 Å².